The third kappa shape index (κ3) is 5.34. The molecule has 6 nitrogen and oxygen atoms in total. The number of hydrogen-bond donors (Lipinski definition) is 2. The summed E-state index contributed by atoms with van der Waals surface area (Å²) >= 11 is 0. The molecule has 3 rings (SSSR count). The van der Waals surface area contributed by atoms with Gasteiger partial charge in [0, 0.05) is 0 Å². The van der Waals surface area contributed by atoms with E-state index in [1.807, 2.05) is 56.3 Å². The number of ether oxygens (including phenoxy) is 3. The number of amides is 2. The number of rotatable bonds is 7. The Labute approximate surface area is 172 Å². The maximum Gasteiger partial charge on any atom is 0.315 e. The van der Waals surface area contributed by atoms with Crippen molar-refractivity contribution in [1.29, 1.82) is 0 Å². The molecule has 0 radical (unpaired) electrons. The van der Waals surface area contributed by atoms with Gasteiger partial charge in [0.25, 0.3) is 0 Å². The minimum absolute atomic E-state index is 0.126. The number of carbonyl (C=O) groups is 1. The van der Waals surface area contributed by atoms with Gasteiger partial charge < -0.3 is 24.8 Å². The molecule has 1 heterocycles. The zero-order valence-corrected chi connectivity index (χ0v) is 17.5. The van der Waals surface area contributed by atoms with Crippen LogP contribution in [0.15, 0.2) is 42.5 Å². The molecule has 2 amide bonds. The molecule has 29 heavy (non-hydrogen) atoms. The lowest BCUT2D eigenvalue weighted by Crippen LogP contribution is -2.40. The average Bonchev–Trinajstić information content (AvgIpc) is 2.72. The number of fused-ring (bicyclic) bond motifs is 1. The van der Waals surface area contributed by atoms with Gasteiger partial charge in [0.05, 0.1) is 18.7 Å². The smallest absolute Gasteiger partial charge is 0.315 e. The lowest BCUT2D eigenvalue weighted by atomic mass is 9.95. The van der Waals surface area contributed by atoms with E-state index in [4.69, 9.17) is 14.2 Å². The van der Waals surface area contributed by atoms with Crippen molar-refractivity contribution in [3.63, 3.8) is 0 Å². The van der Waals surface area contributed by atoms with E-state index in [1.54, 1.807) is 0 Å². The van der Waals surface area contributed by atoms with Crippen LogP contribution < -0.4 is 24.8 Å². The molecule has 2 aromatic carbocycles. The highest BCUT2D eigenvalue weighted by Crippen LogP contribution is 2.34. The zero-order chi connectivity index (χ0) is 20.8. The Morgan fingerprint density at radius 1 is 0.966 bits per heavy atom. The summed E-state index contributed by atoms with van der Waals surface area (Å²) in [4.78, 5) is 12.7. The van der Waals surface area contributed by atoms with E-state index in [-0.39, 0.29) is 24.0 Å². The van der Waals surface area contributed by atoms with Gasteiger partial charge in [-0.05, 0) is 55.2 Å². The SMILES string of the molecule is CCOc1ccc([C@H](C)NC(=O)N[C@@H](c2ccc3c(c2)OCCO3)C(C)C)cc1. The first-order chi connectivity index (χ1) is 14.0. The Kier molecular flexibility index (Phi) is 6.86. The minimum Gasteiger partial charge on any atom is -0.494 e. The first-order valence-corrected chi connectivity index (χ1v) is 10.2. The Morgan fingerprint density at radius 3 is 2.28 bits per heavy atom. The molecule has 0 unspecified atom stereocenters. The van der Waals surface area contributed by atoms with Crippen LogP contribution in [0.3, 0.4) is 0 Å². The molecular weight excluding hydrogens is 368 g/mol. The van der Waals surface area contributed by atoms with Gasteiger partial charge in [-0.15, -0.1) is 0 Å². The van der Waals surface area contributed by atoms with E-state index >= 15 is 0 Å². The average molecular weight is 399 g/mol. The molecule has 0 aromatic heterocycles. The summed E-state index contributed by atoms with van der Waals surface area (Å²) in [7, 11) is 0. The third-order valence-electron chi connectivity index (χ3n) is 4.92. The van der Waals surface area contributed by atoms with Crippen LogP contribution in [0.4, 0.5) is 4.79 Å². The fraction of sp³-hybridized carbons (Fsp3) is 0.435. The second-order valence-corrected chi connectivity index (χ2v) is 7.47. The van der Waals surface area contributed by atoms with Gasteiger partial charge >= 0.3 is 6.03 Å². The quantitative estimate of drug-likeness (QED) is 0.714. The zero-order valence-electron chi connectivity index (χ0n) is 17.5. The lowest BCUT2D eigenvalue weighted by molar-refractivity contribution is 0.171. The number of urea groups is 1. The first-order valence-electron chi connectivity index (χ1n) is 10.2. The van der Waals surface area contributed by atoms with Crippen molar-refractivity contribution in [3.8, 4) is 17.2 Å². The molecule has 0 fully saturated rings. The molecule has 0 spiro atoms. The van der Waals surface area contributed by atoms with Crippen LogP contribution in [0.25, 0.3) is 0 Å². The predicted octanol–water partition coefficient (Wildman–Crippen LogP) is 4.61. The van der Waals surface area contributed by atoms with E-state index in [0.717, 1.165) is 28.4 Å². The van der Waals surface area contributed by atoms with Crippen LogP contribution in [-0.2, 0) is 0 Å². The summed E-state index contributed by atoms with van der Waals surface area (Å²) in [6, 6.07) is 13.1. The summed E-state index contributed by atoms with van der Waals surface area (Å²) in [5.74, 6) is 2.51. The second kappa shape index (κ2) is 9.54. The Bertz CT molecular complexity index is 820. The van der Waals surface area contributed by atoms with E-state index in [0.29, 0.717) is 19.8 Å². The van der Waals surface area contributed by atoms with E-state index < -0.39 is 0 Å². The van der Waals surface area contributed by atoms with Crippen molar-refractivity contribution in [2.24, 2.45) is 5.92 Å². The minimum atomic E-state index is -0.208. The monoisotopic (exact) mass is 398 g/mol. The van der Waals surface area contributed by atoms with Crippen LogP contribution in [0.5, 0.6) is 17.2 Å². The van der Waals surface area contributed by atoms with Crippen molar-refractivity contribution < 1.29 is 19.0 Å². The number of benzene rings is 2. The van der Waals surface area contributed by atoms with Crippen molar-refractivity contribution in [2.45, 2.75) is 39.8 Å². The highest BCUT2D eigenvalue weighted by Gasteiger charge is 2.22. The molecule has 1 aliphatic rings. The molecule has 2 aromatic rings. The summed E-state index contributed by atoms with van der Waals surface area (Å²) in [5.41, 5.74) is 2.01. The number of hydrogen-bond acceptors (Lipinski definition) is 4. The van der Waals surface area contributed by atoms with Crippen molar-refractivity contribution in [1.82, 2.24) is 10.6 Å². The summed E-state index contributed by atoms with van der Waals surface area (Å²) in [6.45, 7) is 9.81. The van der Waals surface area contributed by atoms with Crippen molar-refractivity contribution in [3.05, 3.63) is 53.6 Å². The van der Waals surface area contributed by atoms with Crippen molar-refractivity contribution >= 4 is 6.03 Å². The Balaban J connectivity index is 1.65. The largest absolute Gasteiger partial charge is 0.494 e. The number of carbonyl (C=O) groups excluding carboxylic acids is 1. The van der Waals surface area contributed by atoms with Gasteiger partial charge in [-0.25, -0.2) is 4.79 Å². The van der Waals surface area contributed by atoms with Gasteiger partial charge in [0.15, 0.2) is 11.5 Å². The fourth-order valence-corrected chi connectivity index (χ4v) is 3.37. The number of nitrogens with one attached hydrogen (secondary N) is 2. The van der Waals surface area contributed by atoms with E-state index in [2.05, 4.69) is 24.5 Å². The van der Waals surface area contributed by atoms with Crippen LogP contribution in [-0.4, -0.2) is 25.9 Å². The van der Waals surface area contributed by atoms with E-state index in [1.165, 1.54) is 0 Å². The Morgan fingerprint density at radius 2 is 1.62 bits per heavy atom. The summed E-state index contributed by atoms with van der Waals surface area (Å²) < 4.78 is 16.7. The van der Waals surface area contributed by atoms with Crippen LogP contribution in [0.1, 0.15) is 50.9 Å². The van der Waals surface area contributed by atoms with Gasteiger partial charge in [0.2, 0.25) is 0 Å². The summed E-state index contributed by atoms with van der Waals surface area (Å²) in [6.07, 6.45) is 0. The normalized spacial score (nSPS) is 14.8. The standard InChI is InChI=1S/C23H30N2O4/c1-5-27-19-9-6-17(7-10-19)16(4)24-23(26)25-22(15(2)3)18-8-11-20-21(14-18)29-13-12-28-20/h6-11,14-16,22H,5,12-13H2,1-4H3,(H2,24,25,26)/t16-,22+/m0/s1. The molecule has 1 aliphatic heterocycles. The molecule has 156 valence electrons. The third-order valence-corrected chi connectivity index (χ3v) is 4.92. The molecule has 0 bridgehead atoms. The Hall–Kier alpha value is -2.89. The predicted molar refractivity (Wildman–Crippen MR) is 113 cm³/mol. The molecule has 2 atom stereocenters. The van der Waals surface area contributed by atoms with Crippen LogP contribution in [0.2, 0.25) is 0 Å². The molecule has 0 saturated carbocycles. The van der Waals surface area contributed by atoms with Crippen LogP contribution >= 0.6 is 0 Å². The molecular formula is C23H30N2O4. The molecule has 0 aliphatic carbocycles. The van der Waals surface area contributed by atoms with Gasteiger partial charge in [0.1, 0.15) is 19.0 Å². The topological polar surface area (TPSA) is 68.8 Å². The maximum absolute atomic E-state index is 12.7. The highest BCUT2D eigenvalue weighted by molar-refractivity contribution is 5.75. The molecule has 6 heteroatoms. The van der Waals surface area contributed by atoms with Gasteiger partial charge in [-0.1, -0.05) is 32.0 Å². The highest BCUT2D eigenvalue weighted by atomic mass is 16.6. The summed E-state index contributed by atoms with van der Waals surface area (Å²) in [5, 5.41) is 6.12. The van der Waals surface area contributed by atoms with E-state index in [9.17, 15) is 4.79 Å². The maximum atomic E-state index is 12.7. The second-order valence-electron chi connectivity index (χ2n) is 7.47. The van der Waals surface area contributed by atoms with Gasteiger partial charge in [-0.3, -0.25) is 0 Å². The van der Waals surface area contributed by atoms with Crippen molar-refractivity contribution in [2.75, 3.05) is 19.8 Å². The van der Waals surface area contributed by atoms with Gasteiger partial charge in [-0.2, -0.15) is 0 Å². The van der Waals surface area contributed by atoms with Crippen LogP contribution in [0, 0.1) is 5.92 Å². The fourth-order valence-electron chi connectivity index (χ4n) is 3.37. The molecule has 0 saturated heterocycles. The lowest BCUT2D eigenvalue weighted by Gasteiger charge is -2.26. The first kappa shape index (κ1) is 20.8. The molecule has 2 N–H and O–H groups in total.